The van der Waals surface area contributed by atoms with Gasteiger partial charge in [0, 0.05) is 18.8 Å². The van der Waals surface area contributed by atoms with E-state index in [1.165, 1.54) is 11.8 Å². The number of amides is 1. The van der Waals surface area contributed by atoms with Crippen molar-refractivity contribution in [3.63, 3.8) is 0 Å². The number of benzene rings is 1. The van der Waals surface area contributed by atoms with Crippen LogP contribution in [0.2, 0.25) is 0 Å². The van der Waals surface area contributed by atoms with Gasteiger partial charge in [0.2, 0.25) is 5.91 Å². The van der Waals surface area contributed by atoms with Gasteiger partial charge in [-0.25, -0.2) is 0 Å². The van der Waals surface area contributed by atoms with Crippen LogP contribution >= 0.6 is 24.0 Å². The Labute approximate surface area is 118 Å². The third-order valence-corrected chi connectivity index (χ3v) is 3.93. The number of thioether (sulfide) groups is 1. The zero-order chi connectivity index (χ0) is 13.4. The van der Waals surface area contributed by atoms with Gasteiger partial charge >= 0.3 is 0 Å². The van der Waals surface area contributed by atoms with Gasteiger partial charge in [0.05, 0.1) is 5.75 Å². The number of anilines is 1. The summed E-state index contributed by atoms with van der Waals surface area (Å²) in [6.45, 7) is 5.87. The van der Waals surface area contributed by atoms with Gasteiger partial charge in [-0.1, -0.05) is 42.2 Å². The lowest BCUT2D eigenvalue weighted by molar-refractivity contribution is -0.113. The summed E-state index contributed by atoms with van der Waals surface area (Å²) < 4.78 is 0.781. The maximum atomic E-state index is 11.7. The molecule has 0 unspecified atom stereocenters. The Morgan fingerprint density at radius 2 is 1.89 bits per heavy atom. The molecule has 0 spiro atoms. The summed E-state index contributed by atoms with van der Waals surface area (Å²) in [5, 5.41) is 2.83. The number of para-hydroxylation sites is 1. The molecule has 0 saturated carbocycles. The van der Waals surface area contributed by atoms with Gasteiger partial charge in [-0.15, -0.1) is 0 Å². The zero-order valence-corrected chi connectivity index (χ0v) is 12.3. The summed E-state index contributed by atoms with van der Waals surface area (Å²) >= 11 is 6.67. The number of nitrogens with one attached hydrogen (secondary N) is 1. The Morgan fingerprint density at radius 3 is 2.44 bits per heavy atom. The normalized spacial score (nSPS) is 9.89. The summed E-state index contributed by atoms with van der Waals surface area (Å²) in [4.78, 5) is 13.8. The first kappa shape index (κ1) is 15.0. The molecule has 1 aromatic rings. The number of hydrogen-bond donors (Lipinski definition) is 1. The van der Waals surface area contributed by atoms with Crippen LogP contribution in [0.3, 0.4) is 0 Å². The zero-order valence-electron chi connectivity index (χ0n) is 10.7. The molecule has 0 saturated heterocycles. The molecule has 1 aromatic carbocycles. The van der Waals surface area contributed by atoms with Crippen LogP contribution in [0.4, 0.5) is 5.69 Å². The van der Waals surface area contributed by atoms with Crippen LogP contribution in [0.1, 0.15) is 13.8 Å². The molecule has 0 fully saturated rings. The molecule has 1 N–H and O–H groups in total. The summed E-state index contributed by atoms with van der Waals surface area (Å²) in [7, 11) is 0. The van der Waals surface area contributed by atoms with Crippen LogP contribution in [-0.4, -0.2) is 34.0 Å². The minimum atomic E-state index is -0.0271. The molecule has 0 aliphatic rings. The van der Waals surface area contributed by atoms with Crippen LogP contribution in [0.25, 0.3) is 0 Å². The highest BCUT2D eigenvalue weighted by Gasteiger charge is 2.09. The minimum Gasteiger partial charge on any atom is -0.358 e. The first-order chi connectivity index (χ1) is 8.67. The van der Waals surface area contributed by atoms with Crippen LogP contribution < -0.4 is 5.32 Å². The number of nitrogens with zero attached hydrogens (tertiary/aromatic N) is 1. The fourth-order valence-electron chi connectivity index (χ4n) is 1.42. The molecule has 0 aromatic heterocycles. The van der Waals surface area contributed by atoms with E-state index in [1.807, 2.05) is 30.3 Å². The first-order valence-electron chi connectivity index (χ1n) is 5.94. The fourth-order valence-corrected chi connectivity index (χ4v) is 2.62. The van der Waals surface area contributed by atoms with Crippen molar-refractivity contribution in [2.24, 2.45) is 0 Å². The number of hydrogen-bond acceptors (Lipinski definition) is 3. The van der Waals surface area contributed by atoms with E-state index < -0.39 is 0 Å². The van der Waals surface area contributed by atoms with Crippen molar-refractivity contribution < 1.29 is 4.79 Å². The summed E-state index contributed by atoms with van der Waals surface area (Å²) in [5.41, 5.74) is 0.817. The fraction of sp³-hybridized carbons (Fsp3) is 0.385. The first-order valence-corrected chi connectivity index (χ1v) is 7.33. The van der Waals surface area contributed by atoms with E-state index in [1.54, 1.807) is 0 Å². The summed E-state index contributed by atoms with van der Waals surface area (Å²) in [5.74, 6) is 0.324. The van der Waals surface area contributed by atoms with E-state index in [9.17, 15) is 4.79 Å². The third kappa shape index (κ3) is 5.06. The standard InChI is InChI=1S/C13H18N2OS2/c1-3-15(4-2)13(17)18-10-12(16)14-11-8-6-5-7-9-11/h5-9H,3-4,10H2,1-2H3,(H,14,16). The molecule has 0 atom stereocenters. The molecular weight excluding hydrogens is 264 g/mol. The van der Waals surface area contributed by atoms with Crippen molar-refractivity contribution in [3.8, 4) is 0 Å². The third-order valence-electron chi connectivity index (χ3n) is 2.41. The molecule has 1 rings (SSSR count). The van der Waals surface area contributed by atoms with Crippen molar-refractivity contribution in [2.45, 2.75) is 13.8 Å². The van der Waals surface area contributed by atoms with Gasteiger partial charge in [-0.3, -0.25) is 4.79 Å². The maximum Gasteiger partial charge on any atom is 0.234 e. The molecule has 0 aliphatic carbocycles. The maximum absolute atomic E-state index is 11.7. The lowest BCUT2D eigenvalue weighted by Gasteiger charge is -2.20. The Balaban J connectivity index is 2.35. The van der Waals surface area contributed by atoms with Crippen molar-refractivity contribution >= 4 is 39.9 Å². The van der Waals surface area contributed by atoms with Gasteiger partial charge in [0.25, 0.3) is 0 Å². The molecule has 5 heteroatoms. The van der Waals surface area contributed by atoms with Gasteiger partial charge in [0.15, 0.2) is 0 Å². The predicted octanol–water partition coefficient (Wildman–Crippen LogP) is 2.99. The predicted molar refractivity (Wildman–Crippen MR) is 83.0 cm³/mol. The Kier molecular flexibility index (Phi) is 6.75. The Hall–Kier alpha value is -1.07. The van der Waals surface area contributed by atoms with E-state index in [-0.39, 0.29) is 5.91 Å². The second-order valence-electron chi connectivity index (χ2n) is 3.64. The Morgan fingerprint density at radius 1 is 1.28 bits per heavy atom. The van der Waals surface area contributed by atoms with Crippen LogP contribution in [-0.2, 0) is 4.79 Å². The number of thiocarbonyl (C=S) groups is 1. The highest BCUT2D eigenvalue weighted by atomic mass is 32.2. The van der Waals surface area contributed by atoms with Crippen LogP contribution in [0, 0.1) is 0 Å². The molecule has 0 radical (unpaired) electrons. The monoisotopic (exact) mass is 282 g/mol. The summed E-state index contributed by atoms with van der Waals surface area (Å²) in [6, 6.07) is 9.43. The second kappa shape index (κ2) is 8.11. The molecule has 0 aliphatic heterocycles. The highest BCUT2D eigenvalue weighted by molar-refractivity contribution is 8.23. The van der Waals surface area contributed by atoms with Crippen molar-refractivity contribution in [2.75, 3.05) is 24.2 Å². The molecule has 3 nitrogen and oxygen atoms in total. The largest absolute Gasteiger partial charge is 0.358 e. The van der Waals surface area contributed by atoms with Gasteiger partial charge in [-0.05, 0) is 26.0 Å². The molecule has 98 valence electrons. The second-order valence-corrected chi connectivity index (χ2v) is 5.25. The number of carbonyl (C=O) groups is 1. The van der Waals surface area contributed by atoms with E-state index in [4.69, 9.17) is 12.2 Å². The topological polar surface area (TPSA) is 32.3 Å². The van der Waals surface area contributed by atoms with Gasteiger partial charge < -0.3 is 10.2 Å². The van der Waals surface area contributed by atoms with Crippen molar-refractivity contribution in [1.82, 2.24) is 4.90 Å². The quantitative estimate of drug-likeness (QED) is 0.842. The SMILES string of the molecule is CCN(CC)C(=S)SCC(=O)Nc1ccccc1. The molecule has 1 amide bonds. The van der Waals surface area contributed by atoms with E-state index in [2.05, 4.69) is 24.1 Å². The van der Waals surface area contributed by atoms with E-state index in [0.717, 1.165) is 23.1 Å². The molecule has 0 heterocycles. The van der Waals surface area contributed by atoms with Gasteiger partial charge in [-0.2, -0.15) is 0 Å². The Bertz CT molecular complexity index is 391. The number of carbonyl (C=O) groups excluding carboxylic acids is 1. The lowest BCUT2D eigenvalue weighted by atomic mass is 10.3. The summed E-state index contributed by atoms with van der Waals surface area (Å²) in [6.07, 6.45) is 0. The van der Waals surface area contributed by atoms with Crippen molar-refractivity contribution in [1.29, 1.82) is 0 Å². The average molecular weight is 282 g/mol. The van der Waals surface area contributed by atoms with Crippen LogP contribution in [0.15, 0.2) is 30.3 Å². The number of rotatable bonds is 5. The van der Waals surface area contributed by atoms with Crippen LogP contribution in [0.5, 0.6) is 0 Å². The van der Waals surface area contributed by atoms with E-state index >= 15 is 0 Å². The highest BCUT2D eigenvalue weighted by Crippen LogP contribution is 2.11. The smallest absolute Gasteiger partial charge is 0.234 e. The minimum absolute atomic E-state index is 0.0271. The molecule has 0 bridgehead atoms. The molecule has 18 heavy (non-hydrogen) atoms. The van der Waals surface area contributed by atoms with E-state index in [0.29, 0.717) is 5.75 Å². The van der Waals surface area contributed by atoms with Crippen molar-refractivity contribution in [3.05, 3.63) is 30.3 Å². The van der Waals surface area contributed by atoms with Gasteiger partial charge in [0.1, 0.15) is 4.32 Å². The average Bonchev–Trinajstić information content (AvgIpc) is 2.39. The molecular formula is C13H18N2OS2. The lowest BCUT2D eigenvalue weighted by Crippen LogP contribution is -2.28.